The third kappa shape index (κ3) is 3.23. The number of hydrogen-bond acceptors (Lipinski definition) is 3. The SMILES string of the molecule is Cc1ccc2nc(C(C)C)c(N=Nc3ccc(Cl)cc3Cl)n2c1. The molecule has 0 amide bonds. The molecule has 2 aromatic heterocycles. The molecule has 0 bridgehead atoms. The van der Waals surface area contributed by atoms with E-state index in [1.807, 2.05) is 29.7 Å². The van der Waals surface area contributed by atoms with Crippen LogP contribution in [0.25, 0.3) is 5.65 Å². The van der Waals surface area contributed by atoms with Gasteiger partial charge in [-0.3, -0.25) is 4.40 Å². The van der Waals surface area contributed by atoms with Gasteiger partial charge in [0, 0.05) is 11.2 Å². The summed E-state index contributed by atoms with van der Waals surface area (Å²) in [6.45, 7) is 6.21. The fourth-order valence-electron chi connectivity index (χ4n) is 2.31. The topological polar surface area (TPSA) is 42.0 Å². The Morgan fingerprint density at radius 1 is 1.09 bits per heavy atom. The maximum atomic E-state index is 6.15. The Bertz CT molecular complexity index is 897. The predicted octanol–water partition coefficient (Wildman–Crippen LogP) is 6.49. The lowest BCUT2D eigenvalue weighted by Gasteiger charge is -2.03. The van der Waals surface area contributed by atoms with Crippen molar-refractivity contribution in [3.63, 3.8) is 0 Å². The number of benzene rings is 1. The summed E-state index contributed by atoms with van der Waals surface area (Å²) in [5.74, 6) is 0.967. The van der Waals surface area contributed by atoms with Gasteiger partial charge in [0.05, 0.1) is 10.7 Å². The van der Waals surface area contributed by atoms with Gasteiger partial charge in [-0.2, -0.15) is 0 Å². The van der Waals surface area contributed by atoms with E-state index in [-0.39, 0.29) is 5.92 Å². The number of halogens is 2. The molecule has 3 aromatic rings. The minimum absolute atomic E-state index is 0.241. The summed E-state index contributed by atoms with van der Waals surface area (Å²) in [6.07, 6.45) is 2.01. The lowest BCUT2D eigenvalue weighted by Crippen LogP contribution is -1.88. The zero-order valence-corrected chi connectivity index (χ0v) is 14.6. The molecule has 0 saturated carbocycles. The average molecular weight is 347 g/mol. The number of nitrogens with zero attached hydrogens (tertiary/aromatic N) is 4. The molecule has 4 nitrogen and oxygen atoms in total. The van der Waals surface area contributed by atoms with Crippen LogP contribution >= 0.6 is 23.2 Å². The number of fused-ring (bicyclic) bond motifs is 1. The van der Waals surface area contributed by atoms with Gasteiger partial charge in [0.2, 0.25) is 0 Å². The number of aryl methyl sites for hydroxylation is 1. The average Bonchev–Trinajstić information content (AvgIpc) is 2.84. The molecular formula is C17H16Cl2N4. The molecule has 0 saturated heterocycles. The van der Waals surface area contributed by atoms with Gasteiger partial charge in [-0.1, -0.05) is 43.1 Å². The summed E-state index contributed by atoms with van der Waals surface area (Å²) >= 11 is 12.1. The first-order valence-corrected chi connectivity index (χ1v) is 8.06. The molecule has 118 valence electrons. The first-order chi connectivity index (χ1) is 11.0. The molecule has 0 unspecified atom stereocenters. The van der Waals surface area contributed by atoms with E-state index < -0.39 is 0 Å². The van der Waals surface area contributed by atoms with E-state index >= 15 is 0 Å². The van der Waals surface area contributed by atoms with Crippen LogP contribution in [0.5, 0.6) is 0 Å². The van der Waals surface area contributed by atoms with E-state index in [4.69, 9.17) is 23.2 Å². The molecule has 0 fully saturated rings. The van der Waals surface area contributed by atoms with Crippen LogP contribution in [0.4, 0.5) is 11.5 Å². The summed E-state index contributed by atoms with van der Waals surface area (Å²) < 4.78 is 1.96. The van der Waals surface area contributed by atoms with Crippen LogP contribution in [0, 0.1) is 6.92 Å². The van der Waals surface area contributed by atoms with Crippen LogP contribution in [0.3, 0.4) is 0 Å². The van der Waals surface area contributed by atoms with Crippen LogP contribution < -0.4 is 0 Å². The Kier molecular flexibility index (Phi) is 4.37. The second kappa shape index (κ2) is 6.30. The first kappa shape index (κ1) is 16.0. The Morgan fingerprint density at radius 3 is 2.57 bits per heavy atom. The summed E-state index contributed by atoms with van der Waals surface area (Å²) in [4.78, 5) is 4.66. The van der Waals surface area contributed by atoms with E-state index in [0.717, 1.165) is 22.7 Å². The molecule has 2 heterocycles. The third-order valence-electron chi connectivity index (χ3n) is 3.48. The number of imidazole rings is 1. The highest BCUT2D eigenvalue weighted by atomic mass is 35.5. The zero-order chi connectivity index (χ0) is 16.6. The predicted molar refractivity (Wildman–Crippen MR) is 94.7 cm³/mol. The summed E-state index contributed by atoms with van der Waals surface area (Å²) in [6, 6.07) is 9.15. The van der Waals surface area contributed by atoms with Crippen molar-refractivity contribution >= 4 is 40.4 Å². The maximum absolute atomic E-state index is 6.15. The largest absolute Gasteiger partial charge is 0.283 e. The molecule has 0 aliphatic carbocycles. The molecule has 6 heteroatoms. The molecule has 0 radical (unpaired) electrons. The lowest BCUT2D eigenvalue weighted by atomic mass is 10.1. The summed E-state index contributed by atoms with van der Waals surface area (Å²) in [5, 5.41) is 9.74. The van der Waals surface area contributed by atoms with Crippen LogP contribution in [0.2, 0.25) is 10.0 Å². The summed E-state index contributed by atoms with van der Waals surface area (Å²) in [7, 11) is 0. The normalized spacial score (nSPS) is 11.9. The molecule has 0 atom stereocenters. The molecule has 0 aliphatic rings. The molecule has 0 N–H and O–H groups in total. The van der Waals surface area contributed by atoms with Gasteiger partial charge in [-0.15, -0.1) is 10.2 Å². The molecule has 0 spiro atoms. The molecular weight excluding hydrogens is 331 g/mol. The number of azo groups is 1. The highest BCUT2D eigenvalue weighted by Crippen LogP contribution is 2.32. The van der Waals surface area contributed by atoms with Gasteiger partial charge in [-0.25, -0.2) is 4.98 Å². The van der Waals surface area contributed by atoms with Crippen molar-refractivity contribution in [2.24, 2.45) is 10.2 Å². The Labute approximate surface area is 144 Å². The van der Waals surface area contributed by atoms with Gasteiger partial charge in [0.1, 0.15) is 11.3 Å². The second-order valence-electron chi connectivity index (χ2n) is 5.71. The fourth-order valence-corrected chi connectivity index (χ4v) is 2.75. The van der Waals surface area contributed by atoms with E-state index in [9.17, 15) is 0 Å². The van der Waals surface area contributed by atoms with Crippen molar-refractivity contribution in [3.05, 3.63) is 57.8 Å². The summed E-state index contributed by atoms with van der Waals surface area (Å²) in [5.41, 5.74) is 3.47. The highest BCUT2D eigenvalue weighted by Gasteiger charge is 2.15. The van der Waals surface area contributed by atoms with Crippen molar-refractivity contribution in [2.45, 2.75) is 26.7 Å². The molecule has 23 heavy (non-hydrogen) atoms. The monoisotopic (exact) mass is 346 g/mol. The van der Waals surface area contributed by atoms with Crippen molar-refractivity contribution in [1.82, 2.24) is 9.38 Å². The first-order valence-electron chi connectivity index (χ1n) is 7.31. The van der Waals surface area contributed by atoms with E-state index in [1.165, 1.54) is 0 Å². The molecule has 3 rings (SSSR count). The van der Waals surface area contributed by atoms with Crippen LogP contribution in [0.1, 0.15) is 31.0 Å². The van der Waals surface area contributed by atoms with Gasteiger partial charge in [0.25, 0.3) is 0 Å². The van der Waals surface area contributed by atoms with Crippen LogP contribution in [-0.2, 0) is 0 Å². The van der Waals surface area contributed by atoms with Gasteiger partial charge in [0.15, 0.2) is 5.82 Å². The smallest absolute Gasteiger partial charge is 0.183 e. The number of rotatable bonds is 3. The Balaban J connectivity index is 2.12. The Morgan fingerprint density at radius 2 is 1.87 bits per heavy atom. The minimum Gasteiger partial charge on any atom is -0.283 e. The van der Waals surface area contributed by atoms with Crippen LogP contribution in [0.15, 0.2) is 46.8 Å². The lowest BCUT2D eigenvalue weighted by molar-refractivity contribution is 0.831. The Hall–Kier alpha value is -1.91. The minimum atomic E-state index is 0.241. The molecule has 0 aliphatic heterocycles. The van der Waals surface area contributed by atoms with Crippen molar-refractivity contribution < 1.29 is 0 Å². The fraction of sp³-hybridized carbons (Fsp3) is 0.235. The van der Waals surface area contributed by atoms with E-state index in [1.54, 1.807) is 18.2 Å². The number of aromatic nitrogens is 2. The van der Waals surface area contributed by atoms with Gasteiger partial charge >= 0.3 is 0 Å². The van der Waals surface area contributed by atoms with E-state index in [2.05, 4.69) is 29.1 Å². The van der Waals surface area contributed by atoms with Gasteiger partial charge < -0.3 is 0 Å². The quantitative estimate of drug-likeness (QED) is 0.499. The van der Waals surface area contributed by atoms with Gasteiger partial charge in [-0.05, 0) is 42.7 Å². The highest BCUT2D eigenvalue weighted by molar-refractivity contribution is 6.36. The van der Waals surface area contributed by atoms with Crippen LogP contribution in [-0.4, -0.2) is 9.38 Å². The third-order valence-corrected chi connectivity index (χ3v) is 4.01. The van der Waals surface area contributed by atoms with E-state index in [0.29, 0.717) is 15.7 Å². The zero-order valence-electron chi connectivity index (χ0n) is 13.1. The second-order valence-corrected chi connectivity index (χ2v) is 6.55. The standard InChI is InChI=1S/C17H16Cl2N4/c1-10(2)16-17(23-9-11(3)4-7-15(23)20-16)22-21-14-6-5-12(18)8-13(14)19/h4-10H,1-3H3. The van der Waals surface area contributed by atoms with Crippen molar-refractivity contribution in [1.29, 1.82) is 0 Å². The van der Waals surface area contributed by atoms with Crippen molar-refractivity contribution in [2.75, 3.05) is 0 Å². The maximum Gasteiger partial charge on any atom is 0.183 e. The molecule has 1 aromatic carbocycles. The number of hydrogen-bond donors (Lipinski definition) is 0. The number of pyridine rings is 1. The van der Waals surface area contributed by atoms with Crippen molar-refractivity contribution in [3.8, 4) is 0 Å².